The number of benzene rings is 8. The SMILES string of the molecule is c1ccc(N(c2ccc(-c3ccc(N(c4ccccc4)c4ccc(-c5csc6ccccc56)cc4)cc3)cc2)c2ccc(-c3csc4ccccc34)cc2)cc1. The van der Waals surface area contributed by atoms with Crippen molar-refractivity contribution >= 4 is 77.0 Å². The second kappa shape index (κ2) is 14.8. The molecule has 0 fully saturated rings. The molecule has 0 atom stereocenters. The largest absolute Gasteiger partial charge is 0.311 e. The minimum absolute atomic E-state index is 1.11. The maximum absolute atomic E-state index is 2.33. The van der Waals surface area contributed by atoms with Gasteiger partial charge in [0.15, 0.2) is 0 Å². The topological polar surface area (TPSA) is 6.48 Å². The fourth-order valence-corrected chi connectivity index (χ4v) is 9.58. The third kappa shape index (κ3) is 6.45. The van der Waals surface area contributed by atoms with Crippen molar-refractivity contribution in [2.45, 2.75) is 0 Å². The first-order valence-electron chi connectivity index (χ1n) is 18.8. The van der Waals surface area contributed by atoms with Crippen LogP contribution in [-0.4, -0.2) is 0 Å². The fourth-order valence-electron chi connectivity index (χ4n) is 7.64. The van der Waals surface area contributed by atoms with E-state index in [1.165, 1.54) is 53.6 Å². The highest BCUT2D eigenvalue weighted by molar-refractivity contribution is 7.18. The van der Waals surface area contributed by atoms with Crippen LogP contribution in [0.15, 0.2) is 217 Å². The van der Waals surface area contributed by atoms with Crippen LogP contribution in [0.5, 0.6) is 0 Å². The Morgan fingerprint density at radius 1 is 0.250 bits per heavy atom. The summed E-state index contributed by atoms with van der Waals surface area (Å²) in [4.78, 5) is 4.65. The molecule has 10 aromatic rings. The van der Waals surface area contributed by atoms with E-state index in [4.69, 9.17) is 0 Å². The van der Waals surface area contributed by atoms with Gasteiger partial charge in [-0.15, -0.1) is 22.7 Å². The lowest BCUT2D eigenvalue weighted by Crippen LogP contribution is -2.10. The van der Waals surface area contributed by atoms with E-state index >= 15 is 0 Å². The normalized spacial score (nSPS) is 11.2. The average Bonchev–Trinajstić information content (AvgIpc) is 3.91. The van der Waals surface area contributed by atoms with E-state index in [0.29, 0.717) is 0 Å². The molecule has 0 spiro atoms. The standard InChI is InChI=1S/C52H36N2S2/c1-3-11-41(12-4-1)53(45-31-23-39(24-32-45)49-35-55-51-17-9-7-15-47(49)51)43-27-19-37(20-28-43)38-21-29-44(30-22-38)54(42-13-5-2-6-14-42)46-33-25-40(26-34-46)50-36-56-52-18-10-8-16-48(50)52/h1-36H. The Morgan fingerprint density at radius 2 is 0.536 bits per heavy atom. The predicted molar refractivity (Wildman–Crippen MR) is 243 cm³/mol. The van der Waals surface area contributed by atoms with Gasteiger partial charge in [-0.05, 0) is 118 Å². The van der Waals surface area contributed by atoms with Crippen molar-refractivity contribution in [1.29, 1.82) is 0 Å². The first kappa shape index (κ1) is 33.8. The molecule has 2 nitrogen and oxygen atoms in total. The monoisotopic (exact) mass is 752 g/mol. The molecule has 0 saturated carbocycles. The summed E-state index contributed by atoms with van der Waals surface area (Å²) in [5.74, 6) is 0. The Labute approximate surface area is 335 Å². The molecular formula is C52H36N2S2. The molecule has 0 saturated heterocycles. The van der Waals surface area contributed by atoms with Gasteiger partial charge in [-0.2, -0.15) is 0 Å². The molecule has 0 aliphatic heterocycles. The molecule has 266 valence electrons. The summed E-state index contributed by atoms with van der Waals surface area (Å²) in [5, 5.41) is 7.14. The summed E-state index contributed by atoms with van der Waals surface area (Å²) >= 11 is 3.60. The van der Waals surface area contributed by atoms with Crippen LogP contribution in [0.1, 0.15) is 0 Å². The Bertz CT molecular complexity index is 2670. The highest BCUT2D eigenvalue weighted by atomic mass is 32.1. The van der Waals surface area contributed by atoms with Crippen molar-refractivity contribution in [2.75, 3.05) is 9.80 Å². The van der Waals surface area contributed by atoms with E-state index in [1.54, 1.807) is 22.7 Å². The summed E-state index contributed by atoms with van der Waals surface area (Å²) < 4.78 is 2.63. The molecule has 56 heavy (non-hydrogen) atoms. The average molecular weight is 753 g/mol. The van der Waals surface area contributed by atoms with Crippen molar-refractivity contribution in [3.63, 3.8) is 0 Å². The summed E-state index contributed by atoms with van der Waals surface area (Å²) in [6.07, 6.45) is 0. The predicted octanol–water partition coefficient (Wildman–Crippen LogP) is 16.1. The molecule has 0 aliphatic rings. The Morgan fingerprint density at radius 3 is 0.893 bits per heavy atom. The van der Waals surface area contributed by atoms with Crippen LogP contribution in [-0.2, 0) is 0 Å². The number of anilines is 6. The maximum Gasteiger partial charge on any atom is 0.0462 e. The lowest BCUT2D eigenvalue weighted by Gasteiger charge is -2.26. The maximum atomic E-state index is 2.33. The quantitative estimate of drug-likeness (QED) is 0.145. The zero-order chi connectivity index (χ0) is 37.3. The van der Waals surface area contributed by atoms with E-state index in [2.05, 4.69) is 227 Å². The van der Waals surface area contributed by atoms with Crippen LogP contribution in [0.4, 0.5) is 34.1 Å². The Hall–Kier alpha value is -6.72. The Kier molecular flexibility index (Phi) is 8.96. The van der Waals surface area contributed by atoms with Crippen LogP contribution in [0.25, 0.3) is 53.6 Å². The van der Waals surface area contributed by atoms with E-state index in [0.717, 1.165) is 34.1 Å². The highest BCUT2D eigenvalue weighted by Gasteiger charge is 2.16. The van der Waals surface area contributed by atoms with Gasteiger partial charge in [-0.3, -0.25) is 0 Å². The van der Waals surface area contributed by atoms with Crippen molar-refractivity contribution in [2.24, 2.45) is 0 Å². The number of thiophene rings is 2. The van der Waals surface area contributed by atoms with E-state index in [1.807, 2.05) is 0 Å². The van der Waals surface area contributed by atoms with Gasteiger partial charge in [-0.1, -0.05) is 121 Å². The zero-order valence-corrected chi connectivity index (χ0v) is 32.1. The third-order valence-electron chi connectivity index (χ3n) is 10.4. The molecule has 4 heteroatoms. The van der Waals surface area contributed by atoms with Crippen molar-refractivity contribution in [1.82, 2.24) is 0 Å². The van der Waals surface area contributed by atoms with Crippen LogP contribution in [0.3, 0.4) is 0 Å². The second-order valence-electron chi connectivity index (χ2n) is 13.8. The molecule has 0 N–H and O–H groups in total. The van der Waals surface area contributed by atoms with Gasteiger partial charge in [0.2, 0.25) is 0 Å². The van der Waals surface area contributed by atoms with Gasteiger partial charge in [0, 0.05) is 65.4 Å². The third-order valence-corrected chi connectivity index (χ3v) is 12.4. The molecule has 0 aliphatic carbocycles. The summed E-state index contributed by atoms with van der Waals surface area (Å²) in [6.45, 7) is 0. The molecule has 0 amide bonds. The van der Waals surface area contributed by atoms with Gasteiger partial charge < -0.3 is 9.80 Å². The summed E-state index contributed by atoms with van der Waals surface area (Å²) in [7, 11) is 0. The summed E-state index contributed by atoms with van der Waals surface area (Å²) in [6, 6.07) is 74.2. The molecule has 2 aromatic heterocycles. The van der Waals surface area contributed by atoms with Gasteiger partial charge in [0.05, 0.1) is 0 Å². The first-order chi connectivity index (χ1) is 27.8. The number of fused-ring (bicyclic) bond motifs is 2. The molecule has 8 aromatic carbocycles. The smallest absolute Gasteiger partial charge is 0.0462 e. The zero-order valence-electron chi connectivity index (χ0n) is 30.5. The van der Waals surface area contributed by atoms with E-state index in [9.17, 15) is 0 Å². The van der Waals surface area contributed by atoms with Crippen LogP contribution in [0.2, 0.25) is 0 Å². The molecule has 0 bridgehead atoms. The van der Waals surface area contributed by atoms with Gasteiger partial charge >= 0.3 is 0 Å². The van der Waals surface area contributed by atoms with Crippen molar-refractivity contribution in [3.05, 3.63) is 217 Å². The number of nitrogens with zero attached hydrogens (tertiary/aromatic N) is 2. The van der Waals surface area contributed by atoms with Gasteiger partial charge in [0.1, 0.15) is 0 Å². The van der Waals surface area contributed by atoms with Crippen molar-refractivity contribution < 1.29 is 0 Å². The molecule has 10 rings (SSSR count). The first-order valence-corrected chi connectivity index (χ1v) is 20.6. The van der Waals surface area contributed by atoms with E-state index in [-0.39, 0.29) is 0 Å². The number of para-hydroxylation sites is 2. The van der Waals surface area contributed by atoms with Gasteiger partial charge in [0.25, 0.3) is 0 Å². The molecule has 0 unspecified atom stereocenters. The molecule has 2 heterocycles. The number of hydrogen-bond acceptors (Lipinski definition) is 4. The lowest BCUT2D eigenvalue weighted by molar-refractivity contribution is 1.28. The Balaban J connectivity index is 0.934. The van der Waals surface area contributed by atoms with Crippen LogP contribution >= 0.6 is 22.7 Å². The van der Waals surface area contributed by atoms with Crippen LogP contribution < -0.4 is 9.80 Å². The molecule has 0 radical (unpaired) electrons. The number of rotatable bonds is 9. The van der Waals surface area contributed by atoms with E-state index < -0.39 is 0 Å². The fraction of sp³-hybridized carbons (Fsp3) is 0. The minimum Gasteiger partial charge on any atom is -0.311 e. The second-order valence-corrected chi connectivity index (χ2v) is 15.6. The van der Waals surface area contributed by atoms with Crippen LogP contribution in [0, 0.1) is 0 Å². The minimum atomic E-state index is 1.11. The van der Waals surface area contributed by atoms with Crippen molar-refractivity contribution in [3.8, 4) is 33.4 Å². The number of hydrogen-bond donors (Lipinski definition) is 0. The summed E-state index contributed by atoms with van der Waals surface area (Å²) in [5.41, 5.74) is 14.1. The lowest BCUT2D eigenvalue weighted by atomic mass is 10.0. The highest BCUT2D eigenvalue weighted by Crippen LogP contribution is 2.41. The van der Waals surface area contributed by atoms with Gasteiger partial charge in [-0.25, -0.2) is 0 Å². The molecular weight excluding hydrogens is 717 g/mol.